The molecular formula is C45H46P2. The number of benzene rings is 6. The summed E-state index contributed by atoms with van der Waals surface area (Å²) in [5.74, 6) is 0.377. The zero-order valence-corrected chi connectivity index (χ0v) is 30.1. The van der Waals surface area contributed by atoms with Crippen molar-refractivity contribution in [1.82, 2.24) is 0 Å². The Morgan fingerprint density at radius 1 is 0.362 bits per heavy atom. The van der Waals surface area contributed by atoms with Gasteiger partial charge in [-0.3, -0.25) is 0 Å². The normalized spacial score (nSPS) is 13.4. The Morgan fingerprint density at radius 2 is 0.617 bits per heavy atom. The molecule has 0 nitrogen and oxygen atoms in total. The van der Waals surface area contributed by atoms with E-state index in [9.17, 15) is 0 Å². The third-order valence-electron chi connectivity index (χ3n) is 9.37. The van der Waals surface area contributed by atoms with Gasteiger partial charge in [0.2, 0.25) is 0 Å². The third kappa shape index (κ3) is 7.68. The minimum atomic E-state index is -0.746. The maximum absolute atomic E-state index is 2.44. The lowest BCUT2D eigenvalue weighted by Gasteiger charge is -2.43. The highest BCUT2D eigenvalue weighted by molar-refractivity contribution is 7.74. The van der Waals surface area contributed by atoms with E-state index in [0.717, 1.165) is 6.42 Å². The lowest BCUT2D eigenvalue weighted by atomic mass is 9.89. The van der Waals surface area contributed by atoms with Crippen LogP contribution in [0.2, 0.25) is 0 Å². The van der Waals surface area contributed by atoms with E-state index >= 15 is 0 Å². The smallest absolute Gasteiger partial charge is 0.0160 e. The van der Waals surface area contributed by atoms with Gasteiger partial charge in [0.15, 0.2) is 0 Å². The second kappa shape index (κ2) is 15.4. The van der Waals surface area contributed by atoms with Crippen LogP contribution in [0.3, 0.4) is 0 Å². The van der Waals surface area contributed by atoms with Crippen molar-refractivity contribution < 1.29 is 0 Å². The van der Waals surface area contributed by atoms with E-state index in [0.29, 0.717) is 17.2 Å². The van der Waals surface area contributed by atoms with Gasteiger partial charge in [-0.15, -0.1) is 0 Å². The summed E-state index contributed by atoms with van der Waals surface area (Å²) in [6, 6.07) is 60.6. The van der Waals surface area contributed by atoms with Crippen LogP contribution >= 0.6 is 15.8 Å². The lowest BCUT2D eigenvalue weighted by molar-refractivity contribution is 0.478. The fraction of sp³-hybridized carbons (Fsp3) is 0.200. The summed E-state index contributed by atoms with van der Waals surface area (Å²) in [6.45, 7) is 11.2. The average Bonchev–Trinajstić information content (AvgIpc) is 3.11. The van der Waals surface area contributed by atoms with E-state index in [2.05, 4.69) is 192 Å². The molecule has 0 aromatic heterocycles. The fourth-order valence-corrected chi connectivity index (χ4v) is 13.2. The third-order valence-corrected chi connectivity index (χ3v) is 15.3. The molecule has 236 valence electrons. The van der Waals surface area contributed by atoms with Crippen molar-refractivity contribution in [2.75, 3.05) is 0 Å². The number of aryl methyl sites for hydroxylation is 4. The maximum atomic E-state index is 2.44. The standard InChI is InChI=1S/C45H46P2/c1-6-43(44(37-13-9-7-10-14-37)46(39-25-17-33(2)18-26-39)40-27-19-34(3)20-28-40)45(38-15-11-8-12-16-38)47(41-29-21-35(4)22-30-41)42-31-23-36(5)24-32-42/h7-32,43-45H,6H2,1-5H3. The van der Waals surface area contributed by atoms with Crippen LogP contribution in [0.1, 0.15) is 58.0 Å². The lowest BCUT2D eigenvalue weighted by Crippen LogP contribution is -2.29. The molecular weight excluding hydrogens is 602 g/mol. The van der Waals surface area contributed by atoms with Crippen LogP contribution in [-0.2, 0) is 0 Å². The van der Waals surface area contributed by atoms with Crippen molar-refractivity contribution in [2.24, 2.45) is 5.92 Å². The van der Waals surface area contributed by atoms with Gasteiger partial charge in [0.25, 0.3) is 0 Å². The Morgan fingerprint density at radius 3 is 0.851 bits per heavy atom. The van der Waals surface area contributed by atoms with Crippen molar-refractivity contribution in [3.63, 3.8) is 0 Å². The zero-order chi connectivity index (χ0) is 32.8. The molecule has 0 aliphatic carbocycles. The number of hydrogen-bond acceptors (Lipinski definition) is 0. The van der Waals surface area contributed by atoms with Crippen molar-refractivity contribution in [1.29, 1.82) is 0 Å². The van der Waals surface area contributed by atoms with Crippen LogP contribution in [0.4, 0.5) is 0 Å². The second-order valence-electron chi connectivity index (χ2n) is 12.9. The average molecular weight is 649 g/mol. The topological polar surface area (TPSA) is 0 Å². The highest BCUT2D eigenvalue weighted by Gasteiger charge is 2.41. The molecule has 6 aromatic rings. The highest BCUT2D eigenvalue weighted by Crippen LogP contribution is 2.64. The van der Waals surface area contributed by atoms with Gasteiger partial charge in [0.05, 0.1) is 0 Å². The Balaban J connectivity index is 1.64. The molecule has 0 radical (unpaired) electrons. The molecule has 0 bridgehead atoms. The first-order valence-corrected chi connectivity index (χ1v) is 19.7. The van der Waals surface area contributed by atoms with Crippen molar-refractivity contribution in [3.05, 3.63) is 191 Å². The van der Waals surface area contributed by atoms with Gasteiger partial charge in [-0.2, -0.15) is 0 Å². The molecule has 47 heavy (non-hydrogen) atoms. The van der Waals surface area contributed by atoms with Crippen LogP contribution in [0.5, 0.6) is 0 Å². The molecule has 2 unspecified atom stereocenters. The van der Waals surface area contributed by atoms with E-state index in [4.69, 9.17) is 0 Å². The molecule has 0 spiro atoms. The van der Waals surface area contributed by atoms with Gasteiger partial charge in [-0.25, -0.2) is 0 Å². The Kier molecular flexibility index (Phi) is 10.8. The summed E-state index contributed by atoms with van der Waals surface area (Å²) in [5, 5.41) is 5.79. The van der Waals surface area contributed by atoms with Gasteiger partial charge in [0, 0.05) is 11.3 Å². The largest absolute Gasteiger partial charge is 0.0650 e. The van der Waals surface area contributed by atoms with Gasteiger partial charge in [0.1, 0.15) is 0 Å². The van der Waals surface area contributed by atoms with E-state index in [1.807, 2.05) is 0 Å². The Labute approximate surface area is 285 Å². The number of rotatable bonds is 11. The predicted molar refractivity (Wildman–Crippen MR) is 209 cm³/mol. The van der Waals surface area contributed by atoms with Crippen LogP contribution in [0.25, 0.3) is 0 Å². The van der Waals surface area contributed by atoms with Gasteiger partial charge in [-0.05, 0) is 81.8 Å². The molecule has 0 fully saturated rings. The van der Waals surface area contributed by atoms with E-state index in [-0.39, 0.29) is 0 Å². The molecule has 0 N–H and O–H groups in total. The van der Waals surface area contributed by atoms with Crippen molar-refractivity contribution in [2.45, 2.75) is 52.4 Å². The van der Waals surface area contributed by atoms with Crippen molar-refractivity contribution in [3.8, 4) is 0 Å². The first-order chi connectivity index (χ1) is 22.9. The molecule has 2 heteroatoms. The van der Waals surface area contributed by atoms with Crippen LogP contribution in [0, 0.1) is 33.6 Å². The highest BCUT2D eigenvalue weighted by atomic mass is 31.1. The SMILES string of the molecule is CCC(C(c1ccccc1)P(c1ccc(C)cc1)c1ccc(C)cc1)C(c1ccccc1)P(c1ccc(C)cc1)c1ccc(C)cc1. The van der Waals surface area contributed by atoms with Gasteiger partial charge < -0.3 is 0 Å². The molecule has 0 heterocycles. The molecule has 0 saturated heterocycles. The molecule has 6 rings (SSSR count). The minimum Gasteiger partial charge on any atom is -0.0650 e. The number of hydrogen-bond donors (Lipinski definition) is 0. The first kappa shape index (κ1) is 33.1. The van der Waals surface area contributed by atoms with E-state index in [1.54, 1.807) is 0 Å². The van der Waals surface area contributed by atoms with Crippen LogP contribution in [0.15, 0.2) is 158 Å². The zero-order valence-electron chi connectivity index (χ0n) is 28.3. The second-order valence-corrected chi connectivity index (χ2v) is 17.5. The first-order valence-electron chi connectivity index (χ1n) is 16.9. The molecule has 0 amide bonds. The predicted octanol–water partition coefficient (Wildman–Crippen LogP) is 11.0. The summed E-state index contributed by atoms with van der Waals surface area (Å²) >= 11 is 0. The van der Waals surface area contributed by atoms with Crippen molar-refractivity contribution >= 4 is 37.1 Å². The summed E-state index contributed by atoms with van der Waals surface area (Å²) in [6.07, 6.45) is 1.08. The summed E-state index contributed by atoms with van der Waals surface area (Å²) in [5.41, 5.74) is 8.73. The monoisotopic (exact) mass is 648 g/mol. The molecule has 2 atom stereocenters. The van der Waals surface area contributed by atoms with Crippen LogP contribution in [-0.4, -0.2) is 0 Å². The molecule has 0 aliphatic rings. The van der Waals surface area contributed by atoms with Crippen LogP contribution < -0.4 is 21.2 Å². The van der Waals surface area contributed by atoms with E-state index in [1.165, 1.54) is 54.6 Å². The molecule has 0 saturated carbocycles. The quantitative estimate of drug-likeness (QED) is 0.123. The summed E-state index contributed by atoms with van der Waals surface area (Å²) < 4.78 is 0. The van der Waals surface area contributed by atoms with E-state index < -0.39 is 15.8 Å². The Bertz CT molecular complexity index is 1600. The maximum Gasteiger partial charge on any atom is 0.0160 e. The molecule has 6 aromatic carbocycles. The van der Waals surface area contributed by atoms with Gasteiger partial charge in [-0.1, -0.05) is 193 Å². The minimum absolute atomic E-state index is 0.313. The fourth-order valence-electron chi connectivity index (χ4n) is 6.86. The molecule has 0 aliphatic heterocycles. The summed E-state index contributed by atoms with van der Waals surface area (Å²) in [7, 11) is -1.49. The Hall–Kier alpha value is -3.82. The summed E-state index contributed by atoms with van der Waals surface area (Å²) in [4.78, 5) is 0. The van der Waals surface area contributed by atoms with Gasteiger partial charge >= 0.3 is 0 Å².